The van der Waals surface area contributed by atoms with Gasteiger partial charge in [0.25, 0.3) is 0 Å². The zero-order valence-corrected chi connectivity index (χ0v) is 17.9. The van der Waals surface area contributed by atoms with E-state index in [1.807, 2.05) is 0 Å². The number of carbonyl (C=O) groups excluding carboxylic acids is 1. The van der Waals surface area contributed by atoms with E-state index in [1.165, 1.54) is 32.4 Å². The Bertz CT molecular complexity index is 966. The van der Waals surface area contributed by atoms with Crippen LogP contribution < -0.4 is 19.1 Å². The number of amides is 1. The first-order valence-corrected chi connectivity index (χ1v) is 10.7. The maximum Gasteiger partial charge on any atom is 0.241 e. The van der Waals surface area contributed by atoms with Gasteiger partial charge in [-0.2, -0.15) is 0 Å². The Morgan fingerprint density at radius 1 is 1.07 bits per heavy atom. The molecular formula is C18H20Cl2N2O5S. The van der Waals surface area contributed by atoms with Crippen LogP contribution in [0.3, 0.4) is 0 Å². The molecule has 0 unspecified atom stereocenters. The molecule has 2 aromatic rings. The van der Waals surface area contributed by atoms with Gasteiger partial charge in [0.2, 0.25) is 15.9 Å². The fourth-order valence-corrected chi connectivity index (χ4v) is 3.87. The average Bonchev–Trinajstić information content (AvgIpc) is 2.64. The number of hydrogen-bond donors (Lipinski definition) is 1. The minimum Gasteiger partial charge on any atom is -0.493 e. The van der Waals surface area contributed by atoms with Crippen molar-refractivity contribution in [3.8, 4) is 11.5 Å². The quantitative estimate of drug-likeness (QED) is 0.673. The third-order valence-electron chi connectivity index (χ3n) is 3.80. The molecule has 7 nitrogen and oxygen atoms in total. The lowest BCUT2D eigenvalue weighted by atomic mass is 10.2. The first-order valence-electron chi connectivity index (χ1n) is 8.06. The molecule has 0 aromatic heterocycles. The molecule has 0 atom stereocenters. The highest BCUT2D eigenvalue weighted by molar-refractivity contribution is 7.92. The molecule has 152 valence electrons. The Morgan fingerprint density at radius 2 is 1.75 bits per heavy atom. The largest absolute Gasteiger partial charge is 0.493 e. The lowest BCUT2D eigenvalue weighted by Crippen LogP contribution is -2.40. The summed E-state index contributed by atoms with van der Waals surface area (Å²) < 4.78 is 35.6. The zero-order chi connectivity index (χ0) is 20.9. The number of halogens is 2. The lowest BCUT2D eigenvalue weighted by molar-refractivity contribution is -0.119. The molecular weight excluding hydrogens is 427 g/mol. The van der Waals surface area contributed by atoms with E-state index < -0.39 is 22.5 Å². The van der Waals surface area contributed by atoms with Gasteiger partial charge in [-0.25, -0.2) is 8.42 Å². The average molecular weight is 447 g/mol. The third kappa shape index (κ3) is 5.67. The molecule has 0 radical (unpaired) electrons. The molecule has 0 spiro atoms. The van der Waals surface area contributed by atoms with Crippen LogP contribution in [0, 0.1) is 0 Å². The van der Waals surface area contributed by atoms with Crippen LogP contribution in [-0.2, 0) is 21.4 Å². The highest BCUT2D eigenvalue weighted by Gasteiger charge is 2.23. The number of sulfonamides is 1. The molecule has 0 bridgehead atoms. The van der Waals surface area contributed by atoms with Gasteiger partial charge in [0.05, 0.1) is 31.2 Å². The first kappa shape index (κ1) is 22.1. The molecule has 2 aromatic carbocycles. The number of nitrogens with one attached hydrogen (secondary N) is 1. The number of anilines is 1. The van der Waals surface area contributed by atoms with Gasteiger partial charge in [-0.3, -0.25) is 9.10 Å². The van der Waals surface area contributed by atoms with E-state index in [4.69, 9.17) is 32.7 Å². The number of nitrogens with zero attached hydrogens (tertiary/aromatic N) is 1. The molecule has 1 amide bonds. The number of rotatable bonds is 8. The summed E-state index contributed by atoms with van der Waals surface area (Å²) in [5.74, 6) is 0.601. The molecule has 0 heterocycles. The zero-order valence-electron chi connectivity index (χ0n) is 15.5. The molecule has 2 rings (SSSR count). The number of benzene rings is 2. The summed E-state index contributed by atoms with van der Waals surface area (Å²) in [4.78, 5) is 12.4. The Hall–Kier alpha value is -2.16. The Morgan fingerprint density at radius 3 is 2.32 bits per heavy atom. The van der Waals surface area contributed by atoms with E-state index in [2.05, 4.69) is 5.32 Å². The van der Waals surface area contributed by atoms with E-state index in [0.29, 0.717) is 16.5 Å². The van der Waals surface area contributed by atoms with E-state index in [0.717, 1.165) is 16.1 Å². The summed E-state index contributed by atoms with van der Waals surface area (Å²) >= 11 is 12.0. The highest BCUT2D eigenvalue weighted by Crippen LogP contribution is 2.30. The van der Waals surface area contributed by atoms with Crippen molar-refractivity contribution in [3.63, 3.8) is 0 Å². The van der Waals surface area contributed by atoms with E-state index in [-0.39, 0.29) is 17.3 Å². The van der Waals surface area contributed by atoms with Gasteiger partial charge in [-0.05, 0) is 35.9 Å². The van der Waals surface area contributed by atoms with Gasteiger partial charge in [-0.1, -0.05) is 29.3 Å². The maximum atomic E-state index is 12.4. The van der Waals surface area contributed by atoms with Gasteiger partial charge >= 0.3 is 0 Å². The molecule has 0 fully saturated rings. The Labute approximate surface area is 174 Å². The molecule has 0 aliphatic heterocycles. The van der Waals surface area contributed by atoms with Gasteiger partial charge in [0, 0.05) is 11.6 Å². The fraction of sp³-hybridized carbons (Fsp3) is 0.278. The van der Waals surface area contributed by atoms with E-state index >= 15 is 0 Å². The second-order valence-electron chi connectivity index (χ2n) is 5.83. The van der Waals surface area contributed by atoms with E-state index in [9.17, 15) is 13.2 Å². The molecule has 0 aliphatic rings. The monoisotopic (exact) mass is 446 g/mol. The molecule has 10 heteroatoms. The Balaban J connectivity index is 2.12. The predicted molar refractivity (Wildman–Crippen MR) is 110 cm³/mol. The van der Waals surface area contributed by atoms with Crippen LogP contribution in [0.2, 0.25) is 10.0 Å². The molecule has 0 saturated heterocycles. The summed E-state index contributed by atoms with van der Waals surface area (Å²) in [5.41, 5.74) is 0.941. The number of hydrogen-bond acceptors (Lipinski definition) is 5. The van der Waals surface area contributed by atoms with Gasteiger partial charge in [0.15, 0.2) is 11.5 Å². The van der Waals surface area contributed by atoms with Crippen molar-refractivity contribution in [1.29, 1.82) is 0 Å². The number of carbonyl (C=O) groups is 1. The van der Waals surface area contributed by atoms with Crippen molar-refractivity contribution in [3.05, 3.63) is 52.0 Å². The van der Waals surface area contributed by atoms with Crippen molar-refractivity contribution in [2.75, 3.05) is 31.3 Å². The summed E-state index contributed by atoms with van der Waals surface area (Å²) in [6, 6.07) is 9.58. The summed E-state index contributed by atoms with van der Waals surface area (Å²) in [7, 11) is -0.700. The van der Waals surface area contributed by atoms with Crippen molar-refractivity contribution in [2.45, 2.75) is 6.54 Å². The van der Waals surface area contributed by atoms with Gasteiger partial charge < -0.3 is 14.8 Å². The number of methoxy groups -OCH3 is 2. The van der Waals surface area contributed by atoms with Crippen LogP contribution in [0.15, 0.2) is 36.4 Å². The van der Waals surface area contributed by atoms with Crippen LogP contribution >= 0.6 is 23.2 Å². The Kier molecular flexibility index (Phi) is 7.40. The predicted octanol–water partition coefficient (Wildman–Crippen LogP) is 3.09. The van der Waals surface area contributed by atoms with Crippen LogP contribution in [0.4, 0.5) is 5.69 Å². The summed E-state index contributed by atoms with van der Waals surface area (Å²) in [6.45, 7) is -0.237. The molecule has 0 aliphatic carbocycles. The van der Waals surface area contributed by atoms with Crippen LogP contribution in [0.5, 0.6) is 11.5 Å². The van der Waals surface area contributed by atoms with Crippen molar-refractivity contribution >= 4 is 44.8 Å². The van der Waals surface area contributed by atoms with Crippen LogP contribution in [0.1, 0.15) is 5.56 Å². The smallest absolute Gasteiger partial charge is 0.241 e. The normalized spacial score (nSPS) is 11.0. The van der Waals surface area contributed by atoms with Crippen LogP contribution in [0.25, 0.3) is 0 Å². The van der Waals surface area contributed by atoms with Gasteiger partial charge in [0.1, 0.15) is 6.54 Å². The standard InChI is InChI=1S/C18H20Cl2N2O5S/c1-26-16-7-4-12(8-17(16)27-2)10-21-18(23)11-22(28(3,24)25)15-6-5-13(19)9-14(15)20/h4-9H,10-11H2,1-3H3,(H,21,23). The topological polar surface area (TPSA) is 84.9 Å². The maximum absolute atomic E-state index is 12.4. The van der Waals surface area contributed by atoms with Gasteiger partial charge in [-0.15, -0.1) is 0 Å². The second-order valence-corrected chi connectivity index (χ2v) is 8.58. The lowest BCUT2D eigenvalue weighted by Gasteiger charge is -2.23. The minimum atomic E-state index is -3.74. The van der Waals surface area contributed by atoms with E-state index in [1.54, 1.807) is 18.2 Å². The van der Waals surface area contributed by atoms with Crippen molar-refractivity contribution in [1.82, 2.24) is 5.32 Å². The highest BCUT2D eigenvalue weighted by atomic mass is 35.5. The SMILES string of the molecule is COc1ccc(CNC(=O)CN(c2ccc(Cl)cc2Cl)S(C)(=O)=O)cc1OC. The van der Waals surface area contributed by atoms with Crippen molar-refractivity contribution < 1.29 is 22.7 Å². The number of ether oxygens (including phenoxy) is 2. The third-order valence-corrected chi connectivity index (χ3v) is 5.47. The summed E-state index contributed by atoms with van der Waals surface area (Å²) in [6.07, 6.45) is 1.000. The molecule has 0 saturated carbocycles. The second kappa shape index (κ2) is 9.36. The fourth-order valence-electron chi connectivity index (χ4n) is 2.44. The van der Waals surface area contributed by atoms with Crippen molar-refractivity contribution in [2.24, 2.45) is 0 Å². The molecule has 1 N–H and O–H groups in total. The molecule has 28 heavy (non-hydrogen) atoms. The van der Waals surface area contributed by atoms with Crippen LogP contribution in [-0.4, -0.2) is 41.3 Å². The first-order chi connectivity index (χ1) is 13.2. The summed E-state index contributed by atoms with van der Waals surface area (Å²) in [5, 5.41) is 3.17. The minimum absolute atomic E-state index is 0.130.